The molecule has 1 fully saturated rings. The molecule has 1 heterocycles. The molecule has 0 aromatic heterocycles. The van der Waals surface area contributed by atoms with E-state index in [2.05, 4.69) is 5.32 Å². The molecule has 108 valence electrons. The summed E-state index contributed by atoms with van der Waals surface area (Å²) in [6.45, 7) is 2.03. The molecule has 3 N–H and O–H groups in total. The fourth-order valence-corrected chi connectivity index (χ4v) is 3.04. The van der Waals surface area contributed by atoms with Gasteiger partial charge in [-0.25, -0.2) is 8.42 Å². The second-order valence-electron chi connectivity index (χ2n) is 4.95. The molecule has 0 amide bonds. The Balaban J connectivity index is 0.00000180. The van der Waals surface area contributed by atoms with E-state index >= 15 is 0 Å². The molecular weight excluding hydrogens is 284 g/mol. The van der Waals surface area contributed by atoms with Gasteiger partial charge in [-0.1, -0.05) is 12.1 Å². The lowest BCUT2D eigenvalue weighted by Crippen LogP contribution is -2.33. The molecule has 0 unspecified atom stereocenters. The Morgan fingerprint density at radius 1 is 1.21 bits per heavy atom. The summed E-state index contributed by atoms with van der Waals surface area (Å²) in [7, 11) is -3.12. The average molecular weight is 305 g/mol. The molecule has 19 heavy (non-hydrogen) atoms. The first-order valence-corrected chi connectivity index (χ1v) is 8.14. The summed E-state index contributed by atoms with van der Waals surface area (Å²) in [6, 6.07) is 6.96. The number of benzene rings is 1. The van der Waals surface area contributed by atoms with Crippen LogP contribution in [0.4, 0.5) is 0 Å². The van der Waals surface area contributed by atoms with Crippen molar-refractivity contribution in [1.29, 1.82) is 0 Å². The van der Waals surface area contributed by atoms with Crippen molar-refractivity contribution in [3.05, 3.63) is 29.8 Å². The van der Waals surface area contributed by atoms with Crippen LogP contribution in [-0.4, -0.2) is 27.8 Å². The first-order valence-electron chi connectivity index (χ1n) is 6.25. The van der Waals surface area contributed by atoms with Crippen molar-refractivity contribution in [2.24, 2.45) is 11.7 Å². The molecule has 0 bridgehead atoms. The second-order valence-corrected chi connectivity index (χ2v) is 6.97. The Hall–Kier alpha value is -0.620. The lowest BCUT2D eigenvalue weighted by atomic mass is 9.87. The molecule has 1 saturated heterocycles. The van der Waals surface area contributed by atoms with Gasteiger partial charge in [0.2, 0.25) is 0 Å². The first-order chi connectivity index (χ1) is 8.48. The van der Waals surface area contributed by atoms with Gasteiger partial charge in [-0.15, -0.1) is 12.4 Å². The number of piperidine rings is 1. The highest BCUT2D eigenvalue weighted by atomic mass is 35.5. The predicted octanol–water partition coefficient (Wildman–Crippen LogP) is 1.51. The Morgan fingerprint density at radius 2 is 1.74 bits per heavy atom. The molecule has 1 aromatic rings. The number of sulfone groups is 1. The van der Waals surface area contributed by atoms with Gasteiger partial charge in [-0.3, -0.25) is 0 Å². The summed E-state index contributed by atoms with van der Waals surface area (Å²) < 4.78 is 22.8. The maximum absolute atomic E-state index is 11.4. The van der Waals surface area contributed by atoms with Crippen LogP contribution in [0.5, 0.6) is 0 Å². The number of hydrogen-bond donors (Lipinski definition) is 2. The minimum Gasteiger partial charge on any atom is -0.324 e. The Bertz CT molecular complexity index is 496. The van der Waals surface area contributed by atoms with Gasteiger partial charge in [0, 0.05) is 12.3 Å². The Morgan fingerprint density at radius 3 is 2.21 bits per heavy atom. The van der Waals surface area contributed by atoms with Crippen molar-refractivity contribution >= 4 is 22.2 Å². The van der Waals surface area contributed by atoms with Gasteiger partial charge in [-0.2, -0.15) is 0 Å². The molecule has 0 spiro atoms. The zero-order valence-electron chi connectivity index (χ0n) is 11.0. The minimum absolute atomic E-state index is 0. The smallest absolute Gasteiger partial charge is 0.175 e. The van der Waals surface area contributed by atoms with Crippen LogP contribution in [0.2, 0.25) is 0 Å². The normalized spacial score (nSPS) is 18.6. The second kappa shape index (κ2) is 6.70. The third-order valence-electron chi connectivity index (χ3n) is 3.58. The number of hydrogen-bond acceptors (Lipinski definition) is 4. The van der Waals surface area contributed by atoms with Crippen LogP contribution in [0.25, 0.3) is 0 Å². The molecule has 4 nitrogen and oxygen atoms in total. The fourth-order valence-electron chi connectivity index (χ4n) is 2.41. The van der Waals surface area contributed by atoms with Crippen molar-refractivity contribution in [3.8, 4) is 0 Å². The van der Waals surface area contributed by atoms with Crippen molar-refractivity contribution in [3.63, 3.8) is 0 Å². The molecule has 0 radical (unpaired) electrons. The molecule has 2 rings (SSSR count). The van der Waals surface area contributed by atoms with Crippen LogP contribution in [0.3, 0.4) is 0 Å². The highest BCUT2D eigenvalue weighted by Gasteiger charge is 2.21. The predicted molar refractivity (Wildman–Crippen MR) is 79.3 cm³/mol. The number of rotatable bonds is 3. The van der Waals surface area contributed by atoms with Crippen molar-refractivity contribution < 1.29 is 8.42 Å². The van der Waals surface area contributed by atoms with Gasteiger partial charge in [0.1, 0.15) is 0 Å². The number of nitrogens with two attached hydrogens (primary N) is 1. The zero-order chi connectivity index (χ0) is 13.2. The van der Waals surface area contributed by atoms with Gasteiger partial charge in [0.05, 0.1) is 4.90 Å². The van der Waals surface area contributed by atoms with Crippen molar-refractivity contribution in [2.75, 3.05) is 19.3 Å². The molecule has 1 aliphatic heterocycles. The maximum atomic E-state index is 11.4. The molecule has 0 saturated carbocycles. The minimum atomic E-state index is -3.12. The van der Waals surface area contributed by atoms with E-state index in [9.17, 15) is 8.42 Å². The van der Waals surface area contributed by atoms with Gasteiger partial charge in [-0.05, 0) is 49.5 Å². The van der Waals surface area contributed by atoms with E-state index < -0.39 is 9.84 Å². The van der Waals surface area contributed by atoms with E-state index in [1.807, 2.05) is 12.1 Å². The maximum Gasteiger partial charge on any atom is 0.175 e. The highest BCUT2D eigenvalue weighted by molar-refractivity contribution is 7.90. The third-order valence-corrected chi connectivity index (χ3v) is 4.71. The van der Waals surface area contributed by atoms with Crippen molar-refractivity contribution in [1.82, 2.24) is 5.32 Å². The molecule has 1 aliphatic rings. The summed E-state index contributed by atoms with van der Waals surface area (Å²) >= 11 is 0. The summed E-state index contributed by atoms with van der Waals surface area (Å²) in [4.78, 5) is 0.351. The van der Waals surface area contributed by atoms with E-state index in [0.717, 1.165) is 31.5 Å². The first kappa shape index (κ1) is 16.4. The van der Waals surface area contributed by atoms with Crippen LogP contribution in [0.1, 0.15) is 24.4 Å². The monoisotopic (exact) mass is 304 g/mol. The summed E-state index contributed by atoms with van der Waals surface area (Å²) in [5, 5.41) is 3.32. The number of halogens is 1. The molecule has 1 aromatic carbocycles. The quantitative estimate of drug-likeness (QED) is 0.888. The van der Waals surface area contributed by atoms with Crippen LogP contribution in [0.15, 0.2) is 29.2 Å². The van der Waals surface area contributed by atoms with E-state index in [0.29, 0.717) is 10.8 Å². The summed E-state index contributed by atoms with van der Waals surface area (Å²) in [6.07, 6.45) is 3.37. The average Bonchev–Trinajstić information content (AvgIpc) is 2.38. The van der Waals surface area contributed by atoms with Gasteiger partial charge in [0.25, 0.3) is 0 Å². The standard InChI is InChI=1S/C13H20N2O2S.ClH/c1-18(16,17)12-4-2-10(3-5-12)13(14)11-6-8-15-9-7-11;/h2-5,11,13,15H,6-9,14H2,1H3;1H/t13-;/m0./s1. The van der Waals surface area contributed by atoms with Crippen LogP contribution in [-0.2, 0) is 9.84 Å². The fraction of sp³-hybridized carbons (Fsp3) is 0.538. The highest BCUT2D eigenvalue weighted by Crippen LogP contribution is 2.27. The van der Waals surface area contributed by atoms with Crippen LogP contribution >= 0.6 is 12.4 Å². The SMILES string of the molecule is CS(=O)(=O)c1ccc([C@H](N)C2CCNCC2)cc1.Cl. The molecule has 1 atom stereocenters. The molecule has 0 aliphatic carbocycles. The third kappa shape index (κ3) is 4.18. The largest absolute Gasteiger partial charge is 0.324 e. The number of nitrogens with one attached hydrogen (secondary N) is 1. The van der Waals surface area contributed by atoms with Crippen molar-refractivity contribution in [2.45, 2.75) is 23.8 Å². The Kier molecular flexibility index (Phi) is 5.80. The Labute approximate surface area is 121 Å². The van der Waals surface area contributed by atoms with Crippen LogP contribution < -0.4 is 11.1 Å². The summed E-state index contributed by atoms with van der Waals surface area (Å²) in [5.74, 6) is 0.482. The van der Waals surface area contributed by atoms with Crippen LogP contribution in [0, 0.1) is 5.92 Å². The summed E-state index contributed by atoms with van der Waals surface area (Å²) in [5.41, 5.74) is 7.27. The lowest BCUT2D eigenvalue weighted by molar-refractivity contribution is 0.322. The van der Waals surface area contributed by atoms with Gasteiger partial charge < -0.3 is 11.1 Å². The molecule has 6 heteroatoms. The van der Waals surface area contributed by atoms with Gasteiger partial charge in [0.15, 0.2) is 9.84 Å². The van der Waals surface area contributed by atoms with E-state index in [4.69, 9.17) is 5.73 Å². The van der Waals surface area contributed by atoms with Gasteiger partial charge >= 0.3 is 0 Å². The topological polar surface area (TPSA) is 72.2 Å². The van der Waals surface area contributed by atoms with E-state index in [1.165, 1.54) is 6.26 Å². The lowest BCUT2D eigenvalue weighted by Gasteiger charge is -2.28. The zero-order valence-corrected chi connectivity index (χ0v) is 12.6. The molecular formula is C13H21ClN2O2S. The van der Waals surface area contributed by atoms with E-state index in [-0.39, 0.29) is 18.4 Å². The van der Waals surface area contributed by atoms with E-state index in [1.54, 1.807) is 12.1 Å².